The van der Waals surface area contributed by atoms with E-state index >= 15 is 0 Å². The molecule has 1 aliphatic carbocycles. The van der Waals surface area contributed by atoms with Crippen molar-refractivity contribution in [2.45, 2.75) is 141 Å². The van der Waals surface area contributed by atoms with E-state index in [0.717, 1.165) is 106 Å². The van der Waals surface area contributed by atoms with E-state index in [1.165, 1.54) is 54.6 Å². The van der Waals surface area contributed by atoms with Gasteiger partial charge < -0.3 is 34.7 Å². The summed E-state index contributed by atoms with van der Waals surface area (Å²) in [5, 5.41) is 3.50. The highest BCUT2D eigenvalue weighted by molar-refractivity contribution is 7.59. The van der Waals surface area contributed by atoms with Crippen LogP contribution in [-0.2, 0) is 9.47 Å². The molecular formula is C59H78ClN11O4S4. The third-order valence-corrected chi connectivity index (χ3v) is 14.8. The van der Waals surface area contributed by atoms with Crippen LogP contribution in [0.5, 0.6) is 0 Å². The van der Waals surface area contributed by atoms with Crippen LogP contribution in [-0.4, -0.2) is 92.7 Å². The fraction of sp³-hybridized carbons (Fsp3) is 0.424. The summed E-state index contributed by atoms with van der Waals surface area (Å²) in [6.45, 7) is 13.7. The van der Waals surface area contributed by atoms with E-state index in [9.17, 15) is 9.59 Å². The first-order valence-corrected chi connectivity index (χ1v) is 26.7. The van der Waals surface area contributed by atoms with Crippen LogP contribution in [0, 0.1) is 0 Å². The van der Waals surface area contributed by atoms with Gasteiger partial charge in [-0.05, 0) is 157 Å². The summed E-state index contributed by atoms with van der Waals surface area (Å²) < 4.78 is 11.3. The molecule has 424 valence electrons. The maximum Gasteiger partial charge on any atom is 0.410 e. The van der Waals surface area contributed by atoms with Gasteiger partial charge in [-0.2, -0.15) is 54.0 Å². The molecule has 12 rings (SSSR count). The van der Waals surface area contributed by atoms with Gasteiger partial charge in [0.15, 0.2) is 0 Å². The van der Waals surface area contributed by atoms with Crippen molar-refractivity contribution in [3.8, 4) is 44.8 Å². The minimum Gasteiger partial charge on any atom is -0.444 e. The van der Waals surface area contributed by atoms with Gasteiger partial charge in [0, 0.05) is 19.0 Å². The molecule has 2 amide bonds. The highest BCUT2D eigenvalue weighted by Gasteiger charge is 2.36. The lowest BCUT2D eigenvalue weighted by molar-refractivity contribution is 0.0208. The van der Waals surface area contributed by atoms with Crippen molar-refractivity contribution in [1.82, 2.24) is 55.0 Å². The molecule has 15 nitrogen and oxygen atoms in total. The summed E-state index contributed by atoms with van der Waals surface area (Å²) in [6.07, 6.45) is 14.3. The first-order valence-electron chi connectivity index (χ1n) is 26.7. The van der Waals surface area contributed by atoms with Crippen molar-refractivity contribution in [2.24, 2.45) is 0 Å². The molecule has 8 aromatic rings. The maximum absolute atomic E-state index is 12.8. The summed E-state index contributed by atoms with van der Waals surface area (Å²) in [5.41, 5.74) is 11.7. The van der Waals surface area contributed by atoms with Crippen molar-refractivity contribution in [1.29, 1.82) is 0 Å². The Balaban J connectivity index is 0.000000254. The summed E-state index contributed by atoms with van der Waals surface area (Å²) in [7, 11) is 0. The molecule has 3 atom stereocenters. The zero-order chi connectivity index (χ0) is 51.1. The van der Waals surface area contributed by atoms with Crippen molar-refractivity contribution in [2.75, 3.05) is 19.6 Å². The van der Waals surface area contributed by atoms with E-state index in [1.54, 1.807) is 9.80 Å². The van der Waals surface area contributed by atoms with Gasteiger partial charge in [-0.15, -0.1) is 12.4 Å². The molecule has 0 radical (unpaired) electrons. The van der Waals surface area contributed by atoms with Gasteiger partial charge in [0.05, 0.1) is 64.0 Å². The summed E-state index contributed by atoms with van der Waals surface area (Å²) in [6, 6.07) is 30.0. The van der Waals surface area contributed by atoms with Crippen LogP contribution >= 0.6 is 66.4 Å². The number of rotatable bonds is 8. The fourth-order valence-electron chi connectivity index (χ4n) is 11.1. The highest BCUT2D eigenvalue weighted by atomic mass is 35.5. The van der Waals surface area contributed by atoms with E-state index in [4.69, 9.17) is 19.4 Å². The van der Waals surface area contributed by atoms with Crippen LogP contribution in [0.1, 0.15) is 153 Å². The molecule has 1 saturated carbocycles. The third-order valence-electron chi connectivity index (χ3n) is 14.8. The molecule has 4 aromatic carbocycles. The van der Waals surface area contributed by atoms with Crippen LogP contribution < -0.4 is 5.32 Å². The number of halogens is 1. The lowest BCUT2D eigenvalue weighted by Crippen LogP contribution is -2.36. The Morgan fingerprint density at radius 3 is 1.41 bits per heavy atom. The largest absolute Gasteiger partial charge is 0.444 e. The molecule has 4 aliphatic rings. The molecule has 5 N–H and O–H groups in total. The number of benzene rings is 4. The normalized spacial score (nSPS) is 18.2. The Bertz CT molecular complexity index is 3280. The Labute approximate surface area is 497 Å². The summed E-state index contributed by atoms with van der Waals surface area (Å²) >= 11 is 0. The highest BCUT2D eigenvalue weighted by Crippen LogP contribution is 2.37. The monoisotopic (exact) mass is 1170 g/mol. The lowest BCUT2D eigenvalue weighted by Gasteiger charge is -2.27. The van der Waals surface area contributed by atoms with Crippen LogP contribution in [0.3, 0.4) is 0 Å². The summed E-state index contributed by atoms with van der Waals surface area (Å²) in [5.74, 6) is 4.40. The van der Waals surface area contributed by atoms with Crippen molar-refractivity contribution >= 4 is 101 Å². The van der Waals surface area contributed by atoms with Crippen molar-refractivity contribution < 1.29 is 19.1 Å². The average molecular weight is 1170 g/mol. The Morgan fingerprint density at radius 1 is 0.494 bits per heavy atom. The minimum absolute atomic E-state index is 0. The topological polar surface area (TPSA) is 186 Å². The first-order chi connectivity index (χ1) is 35.7. The lowest BCUT2D eigenvalue weighted by atomic mass is 10.0. The Morgan fingerprint density at radius 2 is 0.924 bits per heavy atom. The second kappa shape index (κ2) is 26.3. The standard InChI is InChI=1S/C34H42N6O4.C25H27N5.ClH.4H2S/c1-33(2,3)43-31(41)39-17-7-9-27(39)29-35-20-26(38-29)22-13-11-21(12-14-22)23-15-16-24-25(19-23)37-30(36-24)28-10-8-18-40(28)32(42)44-34(4,5)6;1-2-5-18(4-1)24-28-20-12-11-19(14-22(20)29-24)16-7-9-17(10-8-16)23-15-27-25(30-23)21-6-3-13-26-21;;;;;/h11-16,19-20,27-28H,7-10,17-18H2,1-6H3,(H,35,38)(H,36,37);7-12,14-15,18,21,26H,1-6,13H2,(H,27,30)(H,28,29);1H;4*1H2/t27-,28-;21-;;;;;/m00...../s1. The second-order valence-corrected chi connectivity index (χ2v) is 22.5. The first kappa shape index (κ1) is 62.6. The number of aromatic amines is 4. The number of fused-ring (bicyclic) bond motifs is 2. The summed E-state index contributed by atoms with van der Waals surface area (Å²) in [4.78, 5) is 62.1. The molecule has 3 aliphatic heterocycles. The molecule has 20 heteroatoms. The van der Waals surface area contributed by atoms with E-state index in [2.05, 4.69) is 114 Å². The number of nitrogens with one attached hydrogen (secondary N) is 5. The van der Waals surface area contributed by atoms with Crippen molar-refractivity contribution in [3.63, 3.8) is 0 Å². The average Bonchev–Trinajstić information content (AvgIpc) is 4.27. The molecule has 0 bridgehead atoms. The van der Waals surface area contributed by atoms with E-state index in [0.29, 0.717) is 25.0 Å². The Hall–Kier alpha value is -5.57. The number of carbonyl (C=O) groups excluding carboxylic acids is 2. The van der Waals surface area contributed by atoms with Crippen LogP contribution in [0.15, 0.2) is 97.3 Å². The number of H-pyrrole nitrogens is 4. The predicted molar refractivity (Wildman–Crippen MR) is 338 cm³/mol. The second-order valence-electron chi connectivity index (χ2n) is 22.5. The Kier molecular flexibility index (Phi) is 20.9. The molecule has 0 spiro atoms. The van der Waals surface area contributed by atoms with E-state index in [-0.39, 0.29) is 90.7 Å². The number of aromatic nitrogens is 8. The molecule has 0 unspecified atom stereocenters. The van der Waals surface area contributed by atoms with Gasteiger partial charge >= 0.3 is 12.2 Å². The molecule has 4 aromatic heterocycles. The smallest absolute Gasteiger partial charge is 0.410 e. The van der Waals surface area contributed by atoms with Gasteiger partial charge in [0.25, 0.3) is 0 Å². The van der Waals surface area contributed by atoms with Gasteiger partial charge in [-0.1, -0.05) is 73.5 Å². The van der Waals surface area contributed by atoms with E-state index in [1.807, 2.05) is 60.0 Å². The number of ether oxygens (including phenoxy) is 2. The molecule has 79 heavy (non-hydrogen) atoms. The third kappa shape index (κ3) is 14.3. The number of carbonyl (C=O) groups is 2. The van der Waals surface area contributed by atoms with Crippen molar-refractivity contribution in [3.05, 3.63) is 121 Å². The number of hydrogen-bond donors (Lipinski definition) is 5. The van der Waals surface area contributed by atoms with Gasteiger partial charge in [-0.25, -0.2) is 29.5 Å². The quantitative estimate of drug-likeness (QED) is 0.0987. The van der Waals surface area contributed by atoms with Crippen LogP contribution in [0.4, 0.5) is 9.59 Å². The number of hydrogen-bond acceptors (Lipinski definition) is 9. The van der Waals surface area contributed by atoms with Crippen LogP contribution in [0.2, 0.25) is 0 Å². The maximum atomic E-state index is 12.8. The number of nitrogens with zero attached hydrogens (tertiary/aromatic N) is 6. The zero-order valence-electron chi connectivity index (χ0n) is 46.0. The number of imidazole rings is 4. The zero-order valence-corrected chi connectivity index (χ0v) is 50.8. The molecular weight excluding hydrogens is 1090 g/mol. The van der Waals surface area contributed by atoms with Gasteiger partial charge in [-0.3, -0.25) is 9.80 Å². The van der Waals surface area contributed by atoms with Gasteiger partial charge in [0.2, 0.25) is 0 Å². The predicted octanol–water partition coefficient (Wildman–Crippen LogP) is 14.3. The van der Waals surface area contributed by atoms with E-state index < -0.39 is 11.2 Å². The van der Waals surface area contributed by atoms with Crippen LogP contribution in [0.25, 0.3) is 66.8 Å². The molecule has 7 heterocycles. The SMILES string of the molecule is CC(C)(C)OC(=O)N1CCC[C@H]1c1ncc(-c2ccc(-c3ccc4nc([C@@H]5CCCN5C(=O)OC(C)(C)C)[nH]c4c3)cc2)[nH]1.Cl.S.S.S.S.c1cc(-c2cnc([C@@H]3CCCN3)[nH]2)ccc1-c1ccc2nc(C3CCCC3)[nH]c2c1. The molecule has 3 saturated heterocycles. The number of amides is 2. The minimum atomic E-state index is -0.541. The van der Waals surface area contributed by atoms with Gasteiger partial charge in [0.1, 0.15) is 34.5 Å². The number of likely N-dealkylation sites (tertiary alicyclic amines) is 2. The fourth-order valence-corrected chi connectivity index (χ4v) is 11.1. The molecule has 4 fully saturated rings.